The molecule has 1 atom stereocenters. The summed E-state index contributed by atoms with van der Waals surface area (Å²) in [4.78, 5) is 1.29. The lowest BCUT2D eigenvalue weighted by atomic mass is 10.0. The average molecular weight is 366 g/mol. The molecule has 0 aliphatic rings. The molecule has 2 N–H and O–H groups in total. The molecule has 0 aromatic heterocycles. The topological polar surface area (TPSA) is 32.3 Å². The molecule has 0 aliphatic heterocycles. The number of rotatable bonds is 7. The van der Waals surface area contributed by atoms with Crippen LogP contribution in [0.4, 0.5) is 0 Å². The van der Waals surface area contributed by atoms with Crippen molar-refractivity contribution in [1.29, 1.82) is 0 Å². The normalized spacial score (nSPS) is 12.3. The predicted molar refractivity (Wildman–Crippen MR) is 94.0 cm³/mol. The summed E-state index contributed by atoms with van der Waals surface area (Å²) in [6.45, 7) is 3.03. The van der Waals surface area contributed by atoms with Gasteiger partial charge in [0.25, 0.3) is 0 Å². The van der Waals surface area contributed by atoms with E-state index in [2.05, 4.69) is 52.4 Å². The monoisotopic (exact) mass is 365 g/mol. The maximum Gasteiger partial charge on any atom is 0.120 e. The van der Waals surface area contributed by atoms with E-state index in [4.69, 9.17) is 0 Å². The van der Waals surface area contributed by atoms with Crippen molar-refractivity contribution in [3.8, 4) is 5.75 Å². The van der Waals surface area contributed by atoms with Crippen LogP contribution in [0, 0.1) is 0 Å². The standard InChI is InChI=1S/C17H20BrNOS/c1-2-16(15-12-13(18)8-9-17(15)20)19-10-11-21-14-6-4-3-5-7-14/h3-9,12,16,19-20H,2,10-11H2,1H3. The summed E-state index contributed by atoms with van der Waals surface area (Å²) in [7, 11) is 0. The summed E-state index contributed by atoms with van der Waals surface area (Å²) in [5, 5.41) is 13.5. The molecule has 21 heavy (non-hydrogen) atoms. The molecule has 0 saturated heterocycles. The fourth-order valence-electron chi connectivity index (χ4n) is 2.20. The van der Waals surface area contributed by atoms with Gasteiger partial charge in [0.2, 0.25) is 0 Å². The van der Waals surface area contributed by atoms with Gasteiger partial charge in [0, 0.05) is 33.3 Å². The number of halogens is 1. The van der Waals surface area contributed by atoms with Crippen molar-refractivity contribution in [2.75, 3.05) is 12.3 Å². The highest BCUT2D eigenvalue weighted by atomic mass is 79.9. The Morgan fingerprint density at radius 2 is 1.95 bits per heavy atom. The van der Waals surface area contributed by atoms with E-state index >= 15 is 0 Å². The van der Waals surface area contributed by atoms with Gasteiger partial charge in [-0.15, -0.1) is 11.8 Å². The minimum Gasteiger partial charge on any atom is -0.508 e. The Bertz CT molecular complexity index is 562. The summed E-state index contributed by atoms with van der Waals surface area (Å²) in [6.07, 6.45) is 0.944. The van der Waals surface area contributed by atoms with Crippen molar-refractivity contribution >= 4 is 27.7 Å². The fourth-order valence-corrected chi connectivity index (χ4v) is 3.38. The van der Waals surface area contributed by atoms with Crippen molar-refractivity contribution in [3.63, 3.8) is 0 Å². The van der Waals surface area contributed by atoms with Crippen LogP contribution in [0.5, 0.6) is 5.75 Å². The van der Waals surface area contributed by atoms with Crippen molar-refractivity contribution in [2.45, 2.75) is 24.3 Å². The third-order valence-corrected chi connectivity index (χ3v) is 4.78. The number of benzene rings is 2. The van der Waals surface area contributed by atoms with E-state index in [1.165, 1.54) is 4.90 Å². The molecule has 0 radical (unpaired) electrons. The van der Waals surface area contributed by atoms with Crippen LogP contribution in [0.15, 0.2) is 57.9 Å². The summed E-state index contributed by atoms with van der Waals surface area (Å²) >= 11 is 5.30. The molecule has 4 heteroatoms. The summed E-state index contributed by atoms with van der Waals surface area (Å²) < 4.78 is 0.995. The van der Waals surface area contributed by atoms with Crippen LogP contribution in [0.25, 0.3) is 0 Å². The van der Waals surface area contributed by atoms with Gasteiger partial charge in [-0.2, -0.15) is 0 Å². The molecule has 0 saturated carbocycles. The molecule has 0 spiro atoms. The lowest BCUT2D eigenvalue weighted by molar-refractivity contribution is 0.445. The first kappa shape index (κ1) is 16.4. The first-order valence-corrected chi connectivity index (χ1v) is 8.88. The van der Waals surface area contributed by atoms with E-state index in [0.29, 0.717) is 5.75 Å². The Morgan fingerprint density at radius 3 is 2.67 bits per heavy atom. The number of phenolic OH excluding ortho intramolecular Hbond substituents is 1. The van der Waals surface area contributed by atoms with E-state index in [9.17, 15) is 5.11 Å². The number of phenols is 1. The van der Waals surface area contributed by atoms with Gasteiger partial charge in [0.15, 0.2) is 0 Å². The number of hydrogen-bond acceptors (Lipinski definition) is 3. The van der Waals surface area contributed by atoms with Gasteiger partial charge >= 0.3 is 0 Å². The molecule has 2 aromatic rings. The molecular formula is C17H20BrNOS. The minimum absolute atomic E-state index is 0.180. The molecule has 0 heterocycles. The lowest BCUT2D eigenvalue weighted by Crippen LogP contribution is -2.23. The van der Waals surface area contributed by atoms with E-state index in [0.717, 1.165) is 28.8 Å². The van der Waals surface area contributed by atoms with Crippen LogP contribution in [-0.2, 0) is 0 Å². The Kier molecular flexibility index (Phi) is 6.61. The van der Waals surface area contributed by atoms with Gasteiger partial charge in [-0.3, -0.25) is 0 Å². The van der Waals surface area contributed by atoms with E-state index < -0.39 is 0 Å². The predicted octanol–water partition coefficient (Wildman–Crippen LogP) is 4.99. The molecule has 0 amide bonds. The highest BCUT2D eigenvalue weighted by molar-refractivity contribution is 9.10. The van der Waals surface area contributed by atoms with Crippen LogP contribution < -0.4 is 5.32 Å². The summed E-state index contributed by atoms with van der Waals surface area (Å²) in [6, 6.07) is 16.2. The van der Waals surface area contributed by atoms with Crippen molar-refractivity contribution < 1.29 is 5.11 Å². The van der Waals surface area contributed by atoms with Gasteiger partial charge < -0.3 is 10.4 Å². The fraction of sp³-hybridized carbons (Fsp3) is 0.294. The van der Waals surface area contributed by atoms with Crippen LogP contribution in [0.1, 0.15) is 24.9 Å². The molecule has 0 bridgehead atoms. The highest BCUT2D eigenvalue weighted by Crippen LogP contribution is 2.29. The molecule has 2 rings (SSSR count). The SMILES string of the molecule is CCC(NCCSc1ccccc1)c1cc(Br)ccc1O. The Morgan fingerprint density at radius 1 is 1.19 bits per heavy atom. The zero-order chi connectivity index (χ0) is 15.1. The Labute approximate surface area is 139 Å². The largest absolute Gasteiger partial charge is 0.508 e. The number of aromatic hydroxyl groups is 1. The molecule has 0 fully saturated rings. The van der Waals surface area contributed by atoms with Gasteiger partial charge in [-0.25, -0.2) is 0 Å². The van der Waals surface area contributed by atoms with Crippen molar-refractivity contribution in [1.82, 2.24) is 5.32 Å². The molecule has 2 aromatic carbocycles. The minimum atomic E-state index is 0.180. The number of hydrogen-bond donors (Lipinski definition) is 2. The van der Waals surface area contributed by atoms with E-state index in [1.807, 2.05) is 30.0 Å². The second-order valence-electron chi connectivity index (χ2n) is 4.78. The van der Waals surface area contributed by atoms with Crippen LogP contribution in [0.2, 0.25) is 0 Å². The molecule has 0 aliphatic carbocycles. The third kappa shape index (κ3) is 5.06. The molecule has 2 nitrogen and oxygen atoms in total. The van der Waals surface area contributed by atoms with Crippen LogP contribution in [0.3, 0.4) is 0 Å². The maximum atomic E-state index is 10.0. The highest BCUT2D eigenvalue weighted by Gasteiger charge is 2.13. The number of thioether (sulfide) groups is 1. The van der Waals surface area contributed by atoms with Gasteiger partial charge in [0.05, 0.1) is 0 Å². The zero-order valence-electron chi connectivity index (χ0n) is 12.1. The summed E-state index contributed by atoms with van der Waals surface area (Å²) in [5.74, 6) is 1.36. The van der Waals surface area contributed by atoms with Crippen molar-refractivity contribution in [3.05, 3.63) is 58.6 Å². The van der Waals surface area contributed by atoms with E-state index in [-0.39, 0.29) is 6.04 Å². The Balaban J connectivity index is 1.86. The lowest BCUT2D eigenvalue weighted by Gasteiger charge is -2.19. The first-order valence-electron chi connectivity index (χ1n) is 7.10. The maximum absolute atomic E-state index is 10.0. The Hall–Kier alpha value is -0.970. The van der Waals surface area contributed by atoms with Gasteiger partial charge in [0.1, 0.15) is 5.75 Å². The molecule has 112 valence electrons. The first-order chi connectivity index (χ1) is 10.2. The second kappa shape index (κ2) is 8.47. The third-order valence-electron chi connectivity index (χ3n) is 3.28. The molecule has 1 unspecified atom stereocenters. The van der Waals surface area contributed by atoms with Crippen LogP contribution >= 0.6 is 27.7 Å². The quantitative estimate of drug-likeness (QED) is 0.535. The van der Waals surface area contributed by atoms with E-state index in [1.54, 1.807) is 6.07 Å². The van der Waals surface area contributed by atoms with Crippen molar-refractivity contribution in [2.24, 2.45) is 0 Å². The number of nitrogens with one attached hydrogen (secondary N) is 1. The zero-order valence-corrected chi connectivity index (χ0v) is 14.5. The average Bonchev–Trinajstić information content (AvgIpc) is 2.51. The summed E-state index contributed by atoms with van der Waals surface area (Å²) in [5.41, 5.74) is 0.955. The molecular weight excluding hydrogens is 346 g/mol. The second-order valence-corrected chi connectivity index (χ2v) is 6.86. The van der Waals surface area contributed by atoms with Gasteiger partial charge in [-0.1, -0.05) is 41.1 Å². The smallest absolute Gasteiger partial charge is 0.120 e. The van der Waals surface area contributed by atoms with Crippen LogP contribution in [-0.4, -0.2) is 17.4 Å². The van der Waals surface area contributed by atoms with Gasteiger partial charge in [-0.05, 0) is 36.8 Å².